The Morgan fingerprint density at radius 3 is 1.37 bits per heavy atom. The Morgan fingerprint density at radius 2 is 0.860 bits per heavy atom. The Morgan fingerprint density at radius 1 is 0.442 bits per heavy atom. The quantitative estimate of drug-likeness (QED) is 0.118. The summed E-state index contributed by atoms with van der Waals surface area (Å²) >= 11 is 3.74. The highest BCUT2D eigenvalue weighted by Crippen LogP contribution is 2.49. The SMILES string of the molecule is O=C1c2ccc3c4ccc5c6c(cc(Br)c(c7ccc(c2c37)C(=O)N1c1ccncc1)c64)C(=O)N(c1ccncc1)C5=O. The number of imide groups is 2. The molecule has 9 rings (SSSR count). The van der Waals surface area contributed by atoms with Crippen molar-refractivity contribution in [2.75, 3.05) is 9.80 Å². The summed E-state index contributed by atoms with van der Waals surface area (Å²) in [6, 6.07) is 19.2. The molecule has 5 aromatic carbocycles. The molecule has 7 aromatic rings. The summed E-state index contributed by atoms with van der Waals surface area (Å²) in [5, 5.41) is 6.02. The zero-order valence-corrected chi connectivity index (χ0v) is 23.5. The van der Waals surface area contributed by atoms with E-state index in [-0.39, 0.29) is 0 Å². The standard InChI is InChI=1S/C34H15BrN4O4/c35-25-15-24-28-23(33(42)39(34(24)43)17-9-13-37-14-10-17)5-2-19-18-1-4-21-27-22(6-3-20(26(18)27)29(25)30(19)28)32(41)38(31(21)40)16-7-11-36-12-8-16/h1-15H. The number of halogens is 1. The van der Waals surface area contributed by atoms with Crippen LogP contribution >= 0.6 is 15.9 Å². The molecule has 0 atom stereocenters. The third-order valence-electron chi connectivity index (χ3n) is 8.53. The summed E-state index contributed by atoms with van der Waals surface area (Å²) in [6.07, 6.45) is 6.18. The molecule has 0 N–H and O–H groups in total. The fourth-order valence-electron chi connectivity index (χ4n) is 6.77. The highest BCUT2D eigenvalue weighted by Gasteiger charge is 2.38. The van der Waals surface area contributed by atoms with Gasteiger partial charge in [0.2, 0.25) is 0 Å². The Hall–Kier alpha value is -5.54. The first-order chi connectivity index (χ1) is 21.0. The van der Waals surface area contributed by atoms with Crippen molar-refractivity contribution in [3.63, 3.8) is 0 Å². The molecule has 0 radical (unpaired) electrons. The van der Waals surface area contributed by atoms with Crippen molar-refractivity contribution in [3.05, 3.63) is 118 Å². The smallest absolute Gasteiger partial charge is 0.266 e. The molecule has 0 fully saturated rings. The van der Waals surface area contributed by atoms with Crippen molar-refractivity contribution in [2.45, 2.75) is 0 Å². The molecule has 0 aliphatic carbocycles. The maximum Gasteiger partial charge on any atom is 0.266 e. The minimum atomic E-state index is -0.420. The largest absolute Gasteiger partial charge is 0.268 e. The van der Waals surface area contributed by atoms with E-state index < -0.39 is 23.6 Å². The first-order valence-corrected chi connectivity index (χ1v) is 14.2. The van der Waals surface area contributed by atoms with Crippen molar-refractivity contribution < 1.29 is 19.2 Å². The van der Waals surface area contributed by atoms with Gasteiger partial charge in [0.25, 0.3) is 23.6 Å². The summed E-state index contributed by atoms with van der Waals surface area (Å²) < 4.78 is 0.670. The fraction of sp³-hybridized carbons (Fsp3) is 0. The van der Waals surface area contributed by atoms with Crippen LogP contribution in [0.1, 0.15) is 41.4 Å². The number of fused-ring (bicyclic) bond motifs is 2. The van der Waals surface area contributed by atoms with Crippen LogP contribution in [-0.4, -0.2) is 33.6 Å². The van der Waals surface area contributed by atoms with Crippen LogP contribution in [0, 0.1) is 0 Å². The molecule has 43 heavy (non-hydrogen) atoms. The van der Waals surface area contributed by atoms with Crippen LogP contribution in [0.15, 0.2) is 96.0 Å². The number of benzene rings is 5. The minimum Gasteiger partial charge on any atom is -0.268 e. The third-order valence-corrected chi connectivity index (χ3v) is 9.16. The second-order valence-corrected chi connectivity index (χ2v) is 11.4. The lowest BCUT2D eigenvalue weighted by molar-refractivity contribution is 0.0877. The molecular weight excluding hydrogens is 608 g/mol. The highest BCUT2D eigenvalue weighted by molar-refractivity contribution is 9.10. The van der Waals surface area contributed by atoms with Gasteiger partial charge in [0, 0.05) is 67.5 Å². The van der Waals surface area contributed by atoms with Gasteiger partial charge in [-0.05, 0) is 70.1 Å². The third kappa shape index (κ3) is 2.93. The van der Waals surface area contributed by atoms with Gasteiger partial charge >= 0.3 is 0 Å². The van der Waals surface area contributed by atoms with E-state index in [1.807, 2.05) is 18.2 Å². The predicted molar refractivity (Wildman–Crippen MR) is 166 cm³/mol. The molecule has 202 valence electrons. The first-order valence-electron chi connectivity index (χ1n) is 13.4. The van der Waals surface area contributed by atoms with Crippen molar-refractivity contribution in [2.24, 2.45) is 0 Å². The van der Waals surface area contributed by atoms with Crippen LogP contribution in [0.5, 0.6) is 0 Å². The molecule has 2 aliphatic rings. The van der Waals surface area contributed by atoms with Crippen LogP contribution in [0.2, 0.25) is 0 Å². The lowest BCUT2D eigenvalue weighted by Gasteiger charge is -2.30. The molecule has 4 heterocycles. The molecule has 0 unspecified atom stereocenters. The maximum absolute atomic E-state index is 13.9. The highest BCUT2D eigenvalue weighted by atomic mass is 79.9. The minimum absolute atomic E-state index is 0.407. The fourth-order valence-corrected chi connectivity index (χ4v) is 7.41. The Labute approximate surface area is 250 Å². The molecule has 0 saturated carbocycles. The van der Waals surface area contributed by atoms with E-state index in [0.717, 1.165) is 32.3 Å². The number of carbonyl (C=O) groups excluding carboxylic acids is 4. The van der Waals surface area contributed by atoms with E-state index in [1.165, 1.54) is 9.80 Å². The molecule has 0 bridgehead atoms. The van der Waals surface area contributed by atoms with E-state index >= 15 is 0 Å². The number of rotatable bonds is 2. The molecule has 8 nitrogen and oxygen atoms in total. The topological polar surface area (TPSA) is 101 Å². The van der Waals surface area contributed by atoms with Gasteiger partial charge in [-0.3, -0.25) is 29.1 Å². The average Bonchev–Trinajstić information content (AvgIpc) is 3.03. The number of hydrogen-bond donors (Lipinski definition) is 0. The lowest BCUT2D eigenvalue weighted by atomic mass is 9.82. The number of amides is 4. The van der Waals surface area contributed by atoms with Crippen molar-refractivity contribution in [3.8, 4) is 0 Å². The number of nitrogens with zero attached hydrogens (tertiary/aromatic N) is 4. The monoisotopic (exact) mass is 622 g/mol. The van der Waals surface area contributed by atoms with Crippen LogP contribution in [0.25, 0.3) is 43.1 Å². The van der Waals surface area contributed by atoms with Gasteiger partial charge in [-0.2, -0.15) is 0 Å². The molecule has 0 saturated heterocycles. The van der Waals surface area contributed by atoms with E-state index in [4.69, 9.17) is 0 Å². The van der Waals surface area contributed by atoms with Gasteiger partial charge in [0.1, 0.15) is 0 Å². The van der Waals surface area contributed by atoms with Gasteiger partial charge < -0.3 is 0 Å². The van der Waals surface area contributed by atoms with Crippen molar-refractivity contribution >= 4 is 94.0 Å². The summed E-state index contributed by atoms with van der Waals surface area (Å²) in [5.41, 5.74) is 2.58. The second-order valence-electron chi connectivity index (χ2n) is 10.6. The van der Waals surface area contributed by atoms with Crippen LogP contribution in [0.4, 0.5) is 11.4 Å². The number of hydrogen-bond acceptors (Lipinski definition) is 6. The molecule has 2 aliphatic heterocycles. The summed E-state index contributed by atoms with van der Waals surface area (Å²) in [5.74, 6) is -1.65. The van der Waals surface area contributed by atoms with E-state index in [9.17, 15) is 19.2 Å². The van der Waals surface area contributed by atoms with Gasteiger partial charge in [-0.15, -0.1) is 0 Å². The number of carbonyl (C=O) groups is 4. The molecule has 0 spiro atoms. The number of anilines is 2. The summed E-state index contributed by atoms with van der Waals surface area (Å²) in [4.78, 5) is 65.7. The van der Waals surface area contributed by atoms with Gasteiger partial charge in [-0.1, -0.05) is 34.1 Å². The predicted octanol–water partition coefficient (Wildman–Crippen LogP) is 6.89. The molecule has 2 aromatic heterocycles. The molecule has 9 heteroatoms. The Balaban J connectivity index is 1.37. The second kappa shape index (κ2) is 8.27. The first kappa shape index (κ1) is 24.1. The normalized spacial score (nSPS) is 14.7. The number of pyridine rings is 2. The van der Waals surface area contributed by atoms with Gasteiger partial charge in [0.15, 0.2) is 0 Å². The van der Waals surface area contributed by atoms with Crippen molar-refractivity contribution in [1.82, 2.24) is 9.97 Å². The Kier molecular flexibility index (Phi) is 4.63. The number of aromatic nitrogens is 2. The van der Waals surface area contributed by atoms with E-state index in [1.54, 1.807) is 73.3 Å². The van der Waals surface area contributed by atoms with Crippen molar-refractivity contribution in [1.29, 1.82) is 0 Å². The van der Waals surface area contributed by atoms with E-state index in [2.05, 4.69) is 25.9 Å². The summed E-state index contributed by atoms with van der Waals surface area (Å²) in [6.45, 7) is 0. The maximum atomic E-state index is 13.9. The average molecular weight is 623 g/mol. The zero-order chi connectivity index (χ0) is 29.1. The molecular formula is C34H15BrN4O4. The summed E-state index contributed by atoms with van der Waals surface area (Å²) in [7, 11) is 0. The van der Waals surface area contributed by atoms with Gasteiger partial charge in [-0.25, -0.2) is 9.80 Å². The zero-order valence-electron chi connectivity index (χ0n) is 22.0. The lowest BCUT2D eigenvalue weighted by Crippen LogP contribution is -2.40. The van der Waals surface area contributed by atoms with Crippen LogP contribution < -0.4 is 9.80 Å². The molecule has 4 amide bonds. The van der Waals surface area contributed by atoms with Crippen LogP contribution in [0.3, 0.4) is 0 Å². The van der Waals surface area contributed by atoms with Gasteiger partial charge in [0.05, 0.1) is 16.9 Å². The Bertz CT molecular complexity index is 2420. The van der Waals surface area contributed by atoms with E-state index in [0.29, 0.717) is 48.9 Å². The van der Waals surface area contributed by atoms with Crippen LogP contribution in [-0.2, 0) is 0 Å².